The Morgan fingerprint density at radius 2 is 1.85 bits per heavy atom. The highest BCUT2D eigenvalue weighted by atomic mass is 32.2. The second-order valence-corrected chi connectivity index (χ2v) is 7.29. The number of hydrogen-bond donors (Lipinski definition) is 2. The van der Waals surface area contributed by atoms with Crippen LogP contribution < -0.4 is 10.0 Å². The molecule has 0 aromatic heterocycles. The molecular weight excluding hydrogens is 278 g/mol. The predicted octanol–water partition coefficient (Wildman–Crippen LogP) is 0.465. The highest BCUT2D eigenvalue weighted by Gasteiger charge is 2.22. The third-order valence-electron chi connectivity index (χ3n) is 3.93. The summed E-state index contributed by atoms with van der Waals surface area (Å²) in [6, 6.07) is 0. The third-order valence-corrected chi connectivity index (χ3v) is 5.54. The van der Waals surface area contributed by atoms with Crippen LogP contribution in [-0.2, 0) is 14.9 Å². The molecule has 1 aliphatic carbocycles. The van der Waals surface area contributed by atoms with Gasteiger partial charge in [0.15, 0.2) is 0 Å². The standard InChI is InChI=1S/C13H27N3O3S/c17-20(18,16-10-8-14-9-11-16)15-7-4-12-19-13-5-2-1-3-6-13/h13-15H,1-12H2. The first-order valence-corrected chi connectivity index (χ1v) is 9.19. The number of rotatable bonds is 7. The van der Waals surface area contributed by atoms with Crippen LogP contribution in [0, 0.1) is 0 Å². The molecule has 0 atom stereocenters. The van der Waals surface area contributed by atoms with E-state index in [0.29, 0.717) is 32.3 Å². The van der Waals surface area contributed by atoms with Crippen molar-refractivity contribution in [3.8, 4) is 0 Å². The number of hydrogen-bond acceptors (Lipinski definition) is 4. The molecule has 7 heteroatoms. The molecule has 0 radical (unpaired) electrons. The Balaban J connectivity index is 1.57. The Hall–Kier alpha value is -0.210. The Bertz CT molecular complexity index is 363. The van der Waals surface area contributed by atoms with Crippen LogP contribution in [0.2, 0.25) is 0 Å². The molecule has 6 nitrogen and oxygen atoms in total. The smallest absolute Gasteiger partial charge is 0.279 e. The zero-order chi connectivity index (χ0) is 14.3. The lowest BCUT2D eigenvalue weighted by Crippen LogP contribution is -2.50. The molecule has 118 valence electrons. The fraction of sp³-hybridized carbons (Fsp3) is 1.00. The minimum atomic E-state index is -3.30. The summed E-state index contributed by atoms with van der Waals surface area (Å²) in [5.41, 5.74) is 0. The fourth-order valence-corrected chi connectivity index (χ4v) is 3.98. The van der Waals surface area contributed by atoms with Crippen LogP contribution in [0.15, 0.2) is 0 Å². The van der Waals surface area contributed by atoms with Crippen LogP contribution in [-0.4, -0.2) is 58.2 Å². The second-order valence-electron chi connectivity index (χ2n) is 5.53. The Morgan fingerprint density at radius 3 is 2.55 bits per heavy atom. The molecule has 0 amide bonds. The first-order valence-electron chi connectivity index (χ1n) is 7.75. The van der Waals surface area contributed by atoms with Crippen molar-refractivity contribution in [2.24, 2.45) is 0 Å². The summed E-state index contributed by atoms with van der Waals surface area (Å²) in [6.45, 7) is 3.66. The summed E-state index contributed by atoms with van der Waals surface area (Å²) in [5, 5.41) is 3.15. The second kappa shape index (κ2) is 8.29. The molecule has 2 rings (SSSR count). The van der Waals surface area contributed by atoms with Crippen molar-refractivity contribution >= 4 is 10.2 Å². The summed E-state index contributed by atoms with van der Waals surface area (Å²) in [5.74, 6) is 0. The zero-order valence-corrected chi connectivity index (χ0v) is 13.0. The number of nitrogens with one attached hydrogen (secondary N) is 2. The largest absolute Gasteiger partial charge is 0.378 e. The summed E-state index contributed by atoms with van der Waals surface area (Å²) < 4.78 is 33.9. The van der Waals surface area contributed by atoms with E-state index >= 15 is 0 Å². The molecular formula is C13H27N3O3S. The lowest BCUT2D eigenvalue weighted by Gasteiger charge is -2.26. The van der Waals surface area contributed by atoms with Crippen LogP contribution in [0.25, 0.3) is 0 Å². The molecule has 1 saturated heterocycles. The highest BCUT2D eigenvalue weighted by molar-refractivity contribution is 7.87. The molecule has 0 aromatic rings. The molecule has 2 fully saturated rings. The van der Waals surface area contributed by atoms with Crippen molar-refractivity contribution in [1.29, 1.82) is 0 Å². The van der Waals surface area contributed by atoms with Crippen LogP contribution in [0.1, 0.15) is 38.5 Å². The van der Waals surface area contributed by atoms with Gasteiger partial charge in [-0.1, -0.05) is 19.3 Å². The molecule has 2 aliphatic rings. The van der Waals surface area contributed by atoms with Crippen molar-refractivity contribution in [3.63, 3.8) is 0 Å². The first-order chi connectivity index (χ1) is 9.68. The van der Waals surface area contributed by atoms with Crippen molar-refractivity contribution < 1.29 is 13.2 Å². The van der Waals surface area contributed by atoms with E-state index in [1.807, 2.05) is 0 Å². The van der Waals surface area contributed by atoms with E-state index in [0.717, 1.165) is 32.4 Å². The fourth-order valence-electron chi connectivity index (χ4n) is 2.73. The Labute approximate surface area is 122 Å². The summed E-state index contributed by atoms with van der Waals surface area (Å²) in [6.07, 6.45) is 7.31. The van der Waals surface area contributed by atoms with Gasteiger partial charge < -0.3 is 10.1 Å². The van der Waals surface area contributed by atoms with Gasteiger partial charge >= 0.3 is 0 Å². The molecule has 1 aliphatic heterocycles. The zero-order valence-electron chi connectivity index (χ0n) is 12.1. The normalized spacial score (nSPS) is 23.0. The molecule has 0 unspecified atom stereocenters. The van der Waals surface area contributed by atoms with Gasteiger partial charge in [0, 0.05) is 39.3 Å². The van der Waals surface area contributed by atoms with Gasteiger partial charge in [-0.15, -0.1) is 0 Å². The Kier molecular flexibility index (Phi) is 6.70. The highest BCUT2D eigenvalue weighted by Crippen LogP contribution is 2.20. The van der Waals surface area contributed by atoms with Gasteiger partial charge in [0.2, 0.25) is 0 Å². The van der Waals surface area contributed by atoms with Crippen molar-refractivity contribution in [3.05, 3.63) is 0 Å². The molecule has 1 saturated carbocycles. The molecule has 0 aromatic carbocycles. The van der Waals surface area contributed by atoms with E-state index in [2.05, 4.69) is 10.0 Å². The van der Waals surface area contributed by atoms with Crippen molar-refractivity contribution in [1.82, 2.24) is 14.3 Å². The van der Waals surface area contributed by atoms with Gasteiger partial charge in [-0.3, -0.25) is 0 Å². The maximum Gasteiger partial charge on any atom is 0.279 e. The number of piperazine rings is 1. The van der Waals surface area contributed by atoms with Gasteiger partial charge in [0.1, 0.15) is 0 Å². The van der Waals surface area contributed by atoms with Gasteiger partial charge in [0.25, 0.3) is 10.2 Å². The van der Waals surface area contributed by atoms with Gasteiger partial charge in [-0.05, 0) is 19.3 Å². The van der Waals surface area contributed by atoms with Crippen LogP contribution in [0.5, 0.6) is 0 Å². The van der Waals surface area contributed by atoms with E-state index in [1.54, 1.807) is 0 Å². The lowest BCUT2D eigenvalue weighted by atomic mass is 9.98. The molecule has 0 spiro atoms. The van der Waals surface area contributed by atoms with E-state index < -0.39 is 10.2 Å². The topological polar surface area (TPSA) is 70.7 Å². The summed E-state index contributed by atoms with van der Waals surface area (Å²) in [7, 11) is -3.30. The monoisotopic (exact) mass is 305 g/mol. The quantitative estimate of drug-likeness (QED) is 0.671. The average molecular weight is 305 g/mol. The summed E-state index contributed by atoms with van der Waals surface area (Å²) >= 11 is 0. The molecule has 20 heavy (non-hydrogen) atoms. The van der Waals surface area contributed by atoms with Crippen LogP contribution in [0.3, 0.4) is 0 Å². The van der Waals surface area contributed by atoms with E-state index in [1.165, 1.54) is 23.6 Å². The van der Waals surface area contributed by atoms with Crippen LogP contribution in [0.4, 0.5) is 0 Å². The first kappa shape index (κ1) is 16.2. The number of nitrogens with zero attached hydrogens (tertiary/aromatic N) is 1. The molecule has 1 heterocycles. The lowest BCUT2D eigenvalue weighted by molar-refractivity contribution is 0.0277. The minimum Gasteiger partial charge on any atom is -0.378 e. The van der Waals surface area contributed by atoms with E-state index in [4.69, 9.17) is 4.74 Å². The van der Waals surface area contributed by atoms with Crippen molar-refractivity contribution in [2.75, 3.05) is 39.3 Å². The van der Waals surface area contributed by atoms with Crippen molar-refractivity contribution in [2.45, 2.75) is 44.6 Å². The van der Waals surface area contributed by atoms with Gasteiger partial charge in [-0.25, -0.2) is 4.72 Å². The van der Waals surface area contributed by atoms with Crippen LogP contribution >= 0.6 is 0 Å². The SMILES string of the molecule is O=S(=O)(NCCCOC1CCCCC1)N1CCNCC1. The summed E-state index contributed by atoms with van der Waals surface area (Å²) in [4.78, 5) is 0. The van der Waals surface area contributed by atoms with Gasteiger partial charge in [-0.2, -0.15) is 12.7 Å². The third kappa shape index (κ3) is 5.29. The predicted molar refractivity (Wildman–Crippen MR) is 78.8 cm³/mol. The Morgan fingerprint density at radius 1 is 1.15 bits per heavy atom. The average Bonchev–Trinajstić information content (AvgIpc) is 2.49. The maximum absolute atomic E-state index is 12.0. The minimum absolute atomic E-state index is 0.397. The molecule has 2 N–H and O–H groups in total. The number of ether oxygens (including phenoxy) is 1. The van der Waals surface area contributed by atoms with E-state index in [-0.39, 0.29) is 0 Å². The maximum atomic E-state index is 12.0. The van der Waals surface area contributed by atoms with Gasteiger partial charge in [0.05, 0.1) is 6.10 Å². The van der Waals surface area contributed by atoms with E-state index in [9.17, 15) is 8.42 Å². The molecule has 0 bridgehead atoms.